The minimum atomic E-state index is -4.50. The van der Waals surface area contributed by atoms with Crippen LogP contribution in [0, 0.1) is 29.6 Å². The normalized spacial score (nSPS) is 11.0. The standard InChI is InChI=1S/C18H11F3N6/c1-10-8-25-27(9-10)17-14(7-23)15(13(6-22)16(24)26-17)11-2-4-12(5-3-11)18(19,20)21/h2-5,8-9H,1H3,(H2,24,26). The Labute approximate surface area is 151 Å². The molecule has 1 aromatic carbocycles. The van der Waals surface area contributed by atoms with Crippen LogP contribution < -0.4 is 5.73 Å². The number of nitrogens with zero attached hydrogens (tertiary/aromatic N) is 5. The van der Waals surface area contributed by atoms with E-state index in [0.717, 1.165) is 17.7 Å². The van der Waals surface area contributed by atoms with Crippen molar-refractivity contribution >= 4 is 5.82 Å². The van der Waals surface area contributed by atoms with Crippen LogP contribution in [0.5, 0.6) is 0 Å². The Balaban J connectivity index is 2.30. The van der Waals surface area contributed by atoms with Gasteiger partial charge in [-0.05, 0) is 30.2 Å². The number of aryl methyl sites for hydroxylation is 1. The zero-order valence-electron chi connectivity index (χ0n) is 13.9. The smallest absolute Gasteiger partial charge is 0.383 e. The maximum absolute atomic E-state index is 12.8. The molecule has 0 spiro atoms. The molecule has 0 aliphatic carbocycles. The van der Waals surface area contributed by atoms with Gasteiger partial charge in [0.05, 0.1) is 11.8 Å². The van der Waals surface area contributed by atoms with Crippen molar-refractivity contribution in [2.75, 3.05) is 5.73 Å². The third-order valence-electron chi connectivity index (χ3n) is 3.86. The lowest BCUT2D eigenvalue weighted by atomic mass is 9.95. The number of nitriles is 2. The van der Waals surface area contributed by atoms with Crippen molar-refractivity contribution in [2.45, 2.75) is 13.1 Å². The first kappa shape index (κ1) is 18.0. The van der Waals surface area contributed by atoms with Gasteiger partial charge >= 0.3 is 6.18 Å². The molecular formula is C18H11F3N6. The number of aromatic nitrogens is 3. The first-order valence-electron chi connectivity index (χ1n) is 7.59. The number of benzene rings is 1. The van der Waals surface area contributed by atoms with Crippen LogP contribution in [0.4, 0.5) is 19.0 Å². The summed E-state index contributed by atoms with van der Waals surface area (Å²) in [7, 11) is 0. The van der Waals surface area contributed by atoms with Crippen LogP contribution in [-0.2, 0) is 6.18 Å². The molecule has 2 heterocycles. The molecule has 0 aliphatic rings. The van der Waals surface area contributed by atoms with E-state index < -0.39 is 11.7 Å². The fraction of sp³-hybridized carbons (Fsp3) is 0.111. The molecule has 0 saturated carbocycles. The summed E-state index contributed by atoms with van der Waals surface area (Å²) >= 11 is 0. The summed E-state index contributed by atoms with van der Waals surface area (Å²) in [6.45, 7) is 1.79. The number of anilines is 1. The quantitative estimate of drug-likeness (QED) is 0.744. The average molecular weight is 368 g/mol. The van der Waals surface area contributed by atoms with E-state index in [1.165, 1.54) is 16.8 Å². The number of hydrogen-bond acceptors (Lipinski definition) is 5. The number of rotatable bonds is 2. The van der Waals surface area contributed by atoms with Crippen LogP contribution in [0.3, 0.4) is 0 Å². The zero-order valence-corrected chi connectivity index (χ0v) is 13.9. The van der Waals surface area contributed by atoms with E-state index in [9.17, 15) is 23.7 Å². The molecule has 0 saturated heterocycles. The van der Waals surface area contributed by atoms with E-state index in [1.807, 2.05) is 12.1 Å². The second-order valence-electron chi connectivity index (χ2n) is 5.71. The highest BCUT2D eigenvalue weighted by Gasteiger charge is 2.30. The van der Waals surface area contributed by atoms with Crippen molar-refractivity contribution in [1.29, 1.82) is 10.5 Å². The zero-order chi connectivity index (χ0) is 19.8. The van der Waals surface area contributed by atoms with Crippen LogP contribution in [0.2, 0.25) is 0 Å². The fourth-order valence-corrected chi connectivity index (χ4v) is 2.62. The Kier molecular flexibility index (Phi) is 4.30. The summed E-state index contributed by atoms with van der Waals surface area (Å²) in [6, 6.07) is 7.99. The van der Waals surface area contributed by atoms with Crippen LogP contribution in [0.15, 0.2) is 36.7 Å². The van der Waals surface area contributed by atoms with Gasteiger partial charge in [-0.3, -0.25) is 0 Å². The third-order valence-corrected chi connectivity index (χ3v) is 3.86. The van der Waals surface area contributed by atoms with Gasteiger partial charge in [-0.15, -0.1) is 0 Å². The van der Waals surface area contributed by atoms with Gasteiger partial charge in [0.1, 0.15) is 29.1 Å². The summed E-state index contributed by atoms with van der Waals surface area (Å²) in [6.07, 6.45) is -1.33. The van der Waals surface area contributed by atoms with Crippen molar-refractivity contribution in [1.82, 2.24) is 14.8 Å². The van der Waals surface area contributed by atoms with Gasteiger partial charge in [-0.25, -0.2) is 9.67 Å². The fourth-order valence-electron chi connectivity index (χ4n) is 2.62. The Bertz CT molecular complexity index is 1100. The topological polar surface area (TPSA) is 104 Å². The Morgan fingerprint density at radius 1 is 1.07 bits per heavy atom. The van der Waals surface area contributed by atoms with E-state index in [1.54, 1.807) is 19.3 Å². The highest BCUT2D eigenvalue weighted by Crippen LogP contribution is 2.35. The molecule has 9 heteroatoms. The van der Waals surface area contributed by atoms with Crippen LogP contribution in [0.25, 0.3) is 16.9 Å². The van der Waals surface area contributed by atoms with Gasteiger partial charge in [0.25, 0.3) is 0 Å². The summed E-state index contributed by atoms with van der Waals surface area (Å²) in [4.78, 5) is 4.09. The lowest BCUT2D eigenvalue weighted by Gasteiger charge is -2.14. The van der Waals surface area contributed by atoms with Gasteiger partial charge in [-0.1, -0.05) is 12.1 Å². The Morgan fingerprint density at radius 3 is 2.19 bits per heavy atom. The molecular weight excluding hydrogens is 357 g/mol. The van der Waals surface area contributed by atoms with Crippen LogP contribution in [-0.4, -0.2) is 14.8 Å². The molecule has 2 aromatic heterocycles. The number of pyridine rings is 1. The van der Waals surface area contributed by atoms with E-state index in [4.69, 9.17) is 5.73 Å². The van der Waals surface area contributed by atoms with Gasteiger partial charge in [0.2, 0.25) is 0 Å². The van der Waals surface area contributed by atoms with Gasteiger partial charge in [-0.2, -0.15) is 28.8 Å². The van der Waals surface area contributed by atoms with Crippen molar-refractivity contribution in [3.05, 3.63) is 58.9 Å². The van der Waals surface area contributed by atoms with Crippen molar-refractivity contribution in [3.8, 4) is 29.1 Å². The molecule has 27 heavy (non-hydrogen) atoms. The minimum absolute atomic E-state index is 0.0105. The van der Waals surface area contributed by atoms with Crippen molar-refractivity contribution in [3.63, 3.8) is 0 Å². The first-order chi connectivity index (χ1) is 12.8. The monoisotopic (exact) mass is 368 g/mol. The van der Waals surface area contributed by atoms with Crippen LogP contribution >= 0.6 is 0 Å². The first-order valence-corrected chi connectivity index (χ1v) is 7.59. The highest BCUT2D eigenvalue weighted by atomic mass is 19.4. The summed E-state index contributed by atoms with van der Waals surface area (Å²) in [5, 5.41) is 23.2. The molecule has 6 nitrogen and oxygen atoms in total. The molecule has 0 amide bonds. The molecule has 0 bridgehead atoms. The molecule has 2 N–H and O–H groups in total. The van der Waals surface area contributed by atoms with E-state index in [2.05, 4.69) is 10.1 Å². The number of halogens is 3. The lowest BCUT2D eigenvalue weighted by molar-refractivity contribution is -0.137. The van der Waals surface area contributed by atoms with Gasteiger partial charge < -0.3 is 5.73 Å². The predicted molar refractivity (Wildman–Crippen MR) is 90.4 cm³/mol. The van der Waals surface area contributed by atoms with E-state index >= 15 is 0 Å². The van der Waals surface area contributed by atoms with E-state index in [0.29, 0.717) is 0 Å². The van der Waals surface area contributed by atoms with E-state index in [-0.39, 0.29) is 33.9 Å². The van der Waals surface area contributed by atoms with Crippen molar-refractivity contribution in [2.24, 2.45) is 0 Å². The van der Waals surface area contributed by atoms with Gasteiger partial charge in [0.15, 0.2) is 5.82 Å². The summed E-state index contributed by atoms with van der Waals surface area (Å²) < 4.78 is 39.8. The summed E-state index contributed by atoms with van der Waals surface area (Å²) in [5.41, 5.74) is 6.10. The Hall–Kier alpha value is -3.85. The van der Waals surface area contributed by atoms with Crippen LogP contribution in [0.1, 0.15) is 22.3 Å². The molecule has 0 unspecified atom stereocenters. The largest absolute Gasteiger partial charge is 0.416 e. The number of nitrogens with two attached hydrogens (primary N) is 1. The number of nitrogen functional groups attached to an aromatic ring is 1. The van der Waals surface area contributed by atoms with Gasteiger partial charge in [0, 0.05) is 11.8 Å². The molecule has 0 atom stereocenters. The molecule has 3 aromatic rings. The molecule has 3 rings (SSSR count). The maximum atomic E-state index is 12.8. The number of alkyl halides is 3. The maximum Gasteiger partial charge on any atom is 0.416 e. The average Bonchev–Trinajstić information content (AvgIpc) is 3.06. The Morgan fingerprint density at radius 2 is 1.70 bits per heavy atom. The third kappa shape index (κ3) is 3.18. The summed E-state index contributed by atoms with van der Waals surface area (Å²) in [5.74, 6) is -0.0495. The molecule has 0 fully saturated rings. The van der Waals surface area contributed by atoms with Crippen molar-refractivity contribution < 1.29 is 13.2 Å². The molecule has 0 radical (unpaired) electrons. The second kappa shape index (κ2) is 6.46. The predicted octanol–water partition coefficient (Wildman–Crippen LogP) is 3.59. The number of hydrogen-bond donors (Lipinski definition) is 1. The molecule has 0 aliphatic heterocycles. The second-order valence-corrected chi connectivity index (χ2v) is 5.71. The molecule has 134 valence electrons. The highest BCUT2D eigenvalue weighted by molar-refractivity contribution is 5.83. The SMILES string of the molecule is Cc1cnn(-c2nc(N)c(C#N)c(-c3ccc(C(F)(F)F)cc3)c2C#N)c1. The minimum Gasteiger partial charge on any atom is -0.383 e. The lowest BCUT2D eigenvalue weighted by Crippen LogP contribution is -2.09.